The number of rotatable bonds is 4. The van der Waals surface area contributed by atoms with Crippen molar-refractivity contribution >= 4 is 16.9 Å². The first-order valence-electron chi connectivity index (χ1n) is 21.9. The zero-order chi connectivity index (χ0) is 49.7. The molecule has 0 aliphatic rings. The van der Waals surface area contributed by atoms with Gasteiger partial charge in [-0.25, -0.2) is 23.7 Å². The summed E-state index contributed by atoms with van der Waals surface area (Å²) in [5.41, 5.74) is 6.87. The number of nitrogens with zero attached hydrogens (tertiary/aromatic N) is 7. The zero-order valence-corrected chi connectivity index (χ0v) is 39.3. The van der Waals surface area contributed by atoms with Gasteiger partial charge in [0, 0.05) is 58.0 Å². The fourth-order valence-corrected chi connectivity index (χ4v) is 8.25. The van der Waals surface area contributed by atoms with Crippen molar-refractivity contribution in [1.29, 1.82) is 0 Å². The summed E-state index contributed by atoms with van der Waals surface area (Å²) in [6.45, 7) is 19.9. The Morgan fingerprint density at radius 3 is 1.44 bits per heavy atom. The minimum atomic E-state index is -4.51. The van der Waals surface area contributed by atoms with Gasteiger partial charge in [-0.15, -0.1) is 0 Å². The molecule has 0 unspecified atom stereocenters. The smallest absolute Gasteiger partial charge is 0.303 e. The van der Waals surface area contributed by atoms with Crippen LogP contribution in [0.1, 0.15) is 101 Å². The highest BCUT2D eigenvalue weighted by Gasteiger charge is 2.37. The van der Waals surface area contributed by atoms with Crippen molar-refractivity contribution in [2.24, 2.45) is 0 Å². The molecule has 0 atom stereocenters. The highest BCUT2D eigenvalue weighted by atomic mass is 19.4. The summed E-state index contributed by atoms with van der Waals surface area (Å²) in [7, 11) is 0. The first-order chi connectivity index (χ1) is 31.8. The van der Waals surface area contributed by atoms with Crippen molar-refractivity contribution in [3.8, 4) is 33.8 Å². The number of imidazole rings is 3. The Morgan fingerprint density at radius 1 is 0.485 bits per heavy atom. The Hall–Kier alpha value is -6.90. The standard InChI is InChI=1S/2C18H16F4N2.C17H19N3/c1-17(2,3)15-14(11-6-4-7-12(19)10-11)23-16-13(18(20,21)22)8-5-9-24(15)16;1-17(2,3)15-14(11-6-8-12(19)9-7-11)23-16-13(18(20,21)22)5-4-10-24(15)16;1-11(2)16-15(14-8-7-13(4)18-10-14)19-17-12(3)6-5-9-20(16)17/h2*4-10H,1-3H3;5-11H,1-4H3. The highest BCUT2D eigenvalue weighted by molar-refractivity contribution is 5.72. The number of hydrogen-bond donors (Lipinski definition) is 0. The SMILES string of the molecule is CC(C)(C)c1c(-c2ccc(F)cc2)nc2c(C(F)(F)F)cccn12.CC(C)(C)c1c(-c2cccc(F)c2)nc2c(C(F)(F)F)cccn12.Cc1ccc(-c2nc3c(C)cccn3c2C(C)C)cn1. The molecule has 9 aromatic rings. The molecule has 7 nitrogen and oxygen atoms in total. The zero-order valence-electron chi connectivity index (χ0n) is 39.3. The Morgan fingerprint density at radius 2 is 0.971 bits per heavy atom. The fourth-order valence-electron chi connectivity index (χ4n) is 8.25. The lowest BCUT2D eigenvalue weighted by atomic mass is 9.88. The third-order valence-electron chi connectivity index (χ3n) is 11.2. The first kappa shape index (κ1) is 49.0. The van der Waals surface area contributed by atoms with Crippen molar-refractivity contribution in [2.45, 2.75) is 98.3 Å². The number of fused-ring (bicyclic) bond motifs is 3. The van der Waals surface area contributed by atoms with Crippen LogP contribution in [0.5, 0.6) is 0 Å². The van der Waals surface area contributed by atoms with Crippen LogP contribution in [-0.2, 0) is 23.2 Å². The van der Waals surface area contributed by atoms with Gasteiger partial charge in [-0.1, -0.05) is 73.6 Å². The van der Waals surface area contributed by atoms with Gasteiger partial charge < -0.3 is 13.2 Å². The van der Waals surface area contributed by atoms with Gasteiger partial charge in [0.25, 0.3) is 0 Å². The molecule has 2 aromatic carbocycles. The molecule has 0 saturated carbocycles. The third kappa shape index (κ3) is 10.0. The monoisotopic (exact) mass is 937 g/mol. The molecule has 68 heavy (non-hydrogen) atoms. The average Bonchev–Trinajstić information content (AvgIpc) is 3.97. The van der Waals surface area contributed by atoms with Crippen molar-refractivity contribution < 1.29 is 35.1 Å². The molecule has 0 saturated heterocycles. The van der Waals surface area contributed by atoms with E-state index in [1.54, 1.807) is 18.5 Å². The lowest BCUT2D eigenvalue weighted by Crippen LogP contribution is -2.16. The minimum absolute atomic E-state index is 0.144. The van der Waals surface area contributed by atoms with Gasteiger partial charge in [0.15, 0.2) is 0 Å². The van der Waals surface area contributed by atoms with Crippen molar-refractivity contribution in [2.75, 3.05) is 0 Å². The second kappa shape index (κ2) is 18.3. The van der Waals surface area contributed by atoms with Gasteiger partial charge in [-0.3, -0.25) is 4.98 Å². The number of benzene rings is 2. The van der Waals surface area contributed by atoms with E-state index in [0.717, 1.165) is 34.7 Å². The molecule has 0 radical (unpaired) electrons. The third-order valence-corrected chi connectivity index (χ3v) is 11.2. The molecule has 354 valence electrons. The van der Waals surface area contributed by atoms with Gasteiger partial charge in [0.2, 0.25) is 0 Å². The maximum absolute atomic E-state index is 13.6. The number of aryl methyl sites for hydroxylation is 2. The molecule has 0 N–H and O–H groups in total. The van der Waals surface area contributed by atoms with Crippen LogP contribution in [0.15, 0.2) is 122 Å². The van der Waals surface area contributed by atoms with E-state index >= 15 is 0 Å². The molecule has 0 aliphatic carbocycles. The normalized spacial score (nSPS) is 12.4. The molecule has 7 aromatic heterocycles. The van der Waals surface area contributed by atoms with Crippen LogP contribution in [0, 0.1) is 25.5 Å². The van der Waals surface area contributed by atoms with Gasteiger partial charge in [-0.05, 0) is 104 Å². The predicted molar refractivity (Wildman–Crippen MR) is 251 cm³/mol. The molecule has 0 bridgehead atoms. The van der Waals surface area contributed by atoms with Crippen molar-refractivity contribution in [1.82, 2.24) is 33.1 Å². The Bertz CT molecular complexity index is 3230. The molecule has 0 spiro atoms. The van der Waals surface area contributed by atoms with E-state index in [1.807, 2.05) is 60.7 Å². The number of pyridine rings is 4. The van der Waals surface area contributed by atoms with E-state index < -0.39 is 45.9 Å². The summed E-state index contributed by atoms with van der Waals surface area (Å²) < 4.78 is 112. The van der Waals surface area contributed by atoms with Crippen LogP contribution in [0.25, 0.3) is 50.7 Å². The maximum atomic E-state index is 13.6. The molecular weight excluding hydrogens is 887 g/mol. The van der Waals surface area contributed by atoms with E-state index in [2.05, 4.69) is 64.5 Å². The predicted octanol–water partition coefficient (Wildman–Crippen LogP) is 15.0. The summed E-state index contributed by atoms with van der Waals surface area (Å²) in [5.74, 6) is -0.459. The number of hydrogen-bond acceptors (Lipinski definition) is 4. The fraction of sp³-hybridized carbons (Fsp3) is 0.283. The average molecular weight is 938 g/mol. The highest BCUT2D eigenvalue weighted by Crippen LogP contribution is 2.40. The molecule has 9 rings (SSSR count). The van der Waals surface area contributed by atoms with Crippen molar-refractivity contribution in [3.05, 3.63) is 173 Å². The van der Waals surface area contributed by atoms with Crippen LogP contribution >= 0.6 is 0 Å². The summed E-state index contributed by atoms with van der Waals surface area (Å²) in [4.78, 5) is 17.8. The van der Waals surface area contributed by atoms with Crippen LogP contribution < -0.4 is 0 Å². The second-order valence-corrected chi connectivity index (χ2v) is 18.9. The van der Waals surface area contributed by atoms with E-state index in [4.69, 9.17) is 4.98 Å². The van der Waals surface area contributed by atoms with Crippen molar-refractivity contribution in [3.63, 3.8) is 0 Å². The summed E-state index contributed by atoms with van der Waals surface area (Å²) in [5, 5.41) is 0. The molecule has 0 amide bonds. The number of halogens is 8. The summed E-state index contributed by atoms with van der Waals surface area (Å²) in [6, 6.07) is 24.4. The van der Waals surface area contributed by atoms with Gasteiger partial charge >= 0.3 is 12.4 Å². The maximum Gasteiger partial charge on any atom is 0.419 e. The number of aromatic nitrogens is 7. The van der Waals surface area contributed by atoms with E-state index in [1.165, 1.54) is 74.7 Å². The van der Waals surface area contributed by atoms with Gasteiger partial charge in [-0.2, -0.15) is 26.3 Å². The van der Waals surface area contributed by atoms with Crippen LogP contribution in [0.2, 0.25) is 0 Å². The Kier molecular flexibility index (Phi) is 13.2. The van der Waals surface area contributed by atoms with Gasteiger partial charge in [0.1, 0.15) is 28.6 Å². The molecule has 0 aliphatic heterocycles. The van der Waals surface area contributed by atoms with E-state index in [9.17, 15) is 35.1 Å². The summed E-state index contributed by atoms with van der Waals surface area (Å²) in [6.07, 6.45) is -1.87. The van der Waals surface area contributed by atoms with E-state index in [0.29, 0.717) is 39.8 Å². The Labute approximate surface area is 389 Å². The first-order valence-corrected chi connectivity index (χ1v) is 21.9. The van der Waals surface area contributed by atoms with E-state index in [-0.39, 0.29) is 11.3 Å². The summed E-state index contributed by atoms with van der Waals surface area (Å²) >= 11 is 0. The molecule has 0 fully saturated rings. The minimum Gasteiger partial charge on any atom is -0.303 e. The van der Waals surface area contributed by atoms with Crippen LogP contribution in [0.3, 0.4) is 0 Å². The topological polar surface area (TPSA) is 64.8 Å². The molecule has 7 heterocycles. The Balaban J connectivity index is 0.000000152. The molecular formula is C53H51F8N7. The van der Waals surface area contributed by atoms with Crippen LogP contribution in [-0.4, -0.2) is 33.1 Å². The number of alkyl halides is 6. The van der Waals surface area contributed by atoms with Gasteiger partial charge in [0.05, 0.1) is 45.3 Å². The lowest BCUT2D eigenvalue weighted by Gasteiger charge is -2.20. The largest absolute Gasteiger partial charge is 0.419 e. The molecule has 15 heteroatoms. The second-order valence-electron chi connectivity index (χ2n) is 18.9. The van der Waals surface area contributed by atoms with Crippen LogP contribution in [0.4, 0.5) is 35.1 Å². The quantitative estimate of drug-likeness (QED) is 0.165. The lowest BCUT2D eigenvalue weighted by molar-refractivity contribution is -0.137.